The number of nitrogens with one attached hydrogen (secondary N) is 2. The Kier molecular flexibility index (Phi) is 7.13. The summed E-state index contributed by atoms with van der Waals surface area (Å²) in [5.41, 5.74) is -0.503. The van der Waals surface area contributed by atoms with Crippen molar-refractivity contribution in [1.29, 1.82) is 0 Å². The van der Waals surface area contributed by atoms with Gasteiger partial charge in [-0.1, -0.05) is 6.92 Å². The highest BCUT2D eigenvalue weighted by molar-refractivity contribution is 5.76. The summed E-state index contributed by atoms with van der Waals surface area (Å²) in [6, 6.07) is 0. The summed E-state index contributed by atoms with van der Waals surface area (Å²) < 4.78 is 6.87. The van der Waals surface area contributed by atoms with Crippen molar-refractivity contribution in [2.75, 3.05) is 6.54 Å². The predicted octanol–water partition coefficient (Wildman–Crippen LogP) is 0.127. The quantitative estimate of drug-likeness (QED) is 0.668. The zero-order valence-corrected chi connectivity index (χ0v) is 12.8. The monoisotopic (exact) mass is 307 g/mol. The van der Waals surface area contributed by atoms with Crippen molar-refractivity contribution in [3.63, 3.8) is 0 Å². The Labute approximate surface area is 128 Å². The van der Waals surface area contributed by atoms with Gasteiger partial charge in [-0.15, -0.1) is 12.3 Å². The molecular weight excluding hydrogens is 286 g/mol. The summed E-state index contributed by atoms with van der Waals surface area (Å²) in [5.74, 6) is 2.28. The molecule has 0 aromatic carbocycles. The van der Waals surface area contributed by atoms with Gasteiger partial charge in [-0.2, -0.15) is 0 Å². The first-order valence-electron chi connectivity index (χ1n) is 7.10. The molecule has 22 heavy (non-hydrogen) atoms. The van der Waals surface area contributed by atoms with E-state index in [1.807, 2.05) is 6.92 Å². The zero-order valence-electron chi connectivity index (χ0n) is 12.8. The number of rotatable bonds is 8. The van der Waals surface area contributed by atoms with Gasteiger partial charge in [0.25, 0.3) is 5.56 Å². The molecule has 1 heterocycles. The molecule has 7 heteroatoms. The third-order valence-corrected chi connectivity index (χ3v) is 3.12. The molecule has 0 aliphatic carbocycles. The van der Waals surface area contributed by atoms with Crippen LogP contribution in [0.5, 0.6) is 0 Å². The van der Waals surface area contributed by atoms with Gasteiger partial charge in [0, 0.05) is 31.1 Å². The number of aryl methyl sites for hydroxylation is 1. The van der Waals surface area contributed by atoms with Crippen LogP contribution in [0.15, 0.2) is 15.8 Å². The second-order valence-corrected chi connectivity index (χ2v) is 4.88. The molecule has 120 valence electrons. The van der Waals surface area contributed by atoms with Crippen molar-refractivity contribution in [3.05, 3.63) is 32.6 Å². The van der Waals surface area contributed by atoms with Crippen molar-refractivity contribution < 1.29 is 9.53 Å². The van der Waals surface area contributed by atoms with Crippen molar-refractivity contribution in [1.82, 2.24) is 14.9 Å². The lowest BCUT2D eigenvalue weighted by molar-refractivity contribution is -0.121. The fourth-order valence-electron chi connectivity index (χ4n) is 1.72. The smallest absolute Gasteiger partial charge is 0.330 e. The van der Waals surface area contributed by atoms with Gasteiger partial charge in [0.1, 0.15) is 6.73 Å². The van der Waals surface area contributed by atoms with E-state index >= 15 is 0 Å². The van der Waals surface area contributed by atoms with E-state index in [9.17, 15) is 14.4 Å². The Morgan fingerprint density at radius 3 is 2.91 bits per heavy atom. The van der Waals surface area contributed by atoms with Crippen LogP contribution in [0.25, 0.3) is 0 Å². The van der Waals surface area contributed by atoms with E-state index < -0.39 is 11.2 Å². The van der Waals surface area contributed by atoms with Crippen molar-refractivity contribution in [3.8, 4) is 12.3 Å². The Bertz CT molecular complexity index is 654. The van der Waals surface area contributed by atoms with Gasteiger partial charge in [0.05, 0.1) is 6.10 Å². The first-order chi connectivity index (χ1) is 10.5. The SMILES string of the molecule is C#CCCC(=O)NCC(CC)OCn1cc(C)c(=O)[nH]c1=O. The summed E-state index contributed by atoms with van der Waals surface area (Å²) in [5, 5.41) is 2.74. The van der Waals surface area contributed by atoms with Crippen LogP contribution in [0.4, 0.5) is 0 Å². The molecule has 7 nitrogen and oxygen atoms in total. The fraction of sp³-hybridized carbons (Fsp3) is 0.533. The zero-order chi connectivity index (χ0) is 16.5. The summed E-state index contributed by atoms with van der Waals surface area (Å²) in [7, 11) is 0. The number of carbonyl (C=O) groups is 1. The largest absolute Gasteiger partial charge is 0.356 e. The number of amides is 1. The standard InChI is InChI=1S/C15H21N3O4/c1-4-6-7-13(19)16-8-12(5-2)22-10-18-9-11(3)14(20)17-15(18)21/h1,9,12H,5-8,10H2,2-3H3,(H,16,19)(H,17,20,21). The van der Waals surface area contributed by atoms with Crippen LogP contribution in [0.1, 0.15) is 31.7 Å². The van der Waals surface area contributed by atoms with Crippen LogP contribution in [0, 0.1) is 19.3 Å². The second kappa shape index (κ2) is 8.85. The van der Waals surface area contributed by atoms with E-state index in [0.29, 0.717) is 24.9 Å². The van der Waals surface area contributed by atoms with Crippen LogP contribution in [0.2, 0.25) is 0 Å². The molecule has 2 N–H and O–H groups in total. The number of terminal acetylenes is 1. The molecule has 0 radical (unpaired) electrons. The highest BCUT2D eigenvalue weighted by atomic mass is 16.5. The normalized spacial score (nSPS) is 11.7. The van der Waals surface area contributed by atoms with Gasteiger partial charge >= 0.3 is 5.69 Å². The molecule has 1 aromatic rings. The lowest BCUT2D eigenvalue weighted by atomic mass is 10.2. The van der Waals surface area contributed by atoms with Crippen LogP contribution < -0.4 is 16.6 Å². The van der Waals surface area contributed by atoms with Crippen molar-refractivity contribution in [2.24, 2.45) is 0 Å². The van der Waals surface area contributed by atoms with Crippen LogP contribution in [-0.2, 0) is 16.3 Å². The molecule has 1 aromatic heterocycles. The molecule has 0 aliphatic rings. The first-order valence-corrected chi connectivity index (χ1v) is 7.10. The lowest BCUT2D eigenvalue weighted by Gasteiger charge is -2.17. The van der Waals surface area contributed by atoms with Crippen molar-refractivity contribution in [2.45, 2.75) is 45.9 Å². The van der Waals surface area contributed by atoms with Crippen LogP contribution in [-0.4, -0.2) is 28.1 Å². The number of aromatic nitrogens is 2. The third kappa shape index (κ3) is 5.58. The first kappa shape index (κ1) is 17.7. The van der Waals surface area contributed by atoms with Gasteiger partial charge in [0.15, 0.2) is 0 Å². The number of nitrogens with zero attached hydrogens (tertiary/aromatic N) is 1. The number of aromatic amines is 1. The maximum absolute atomic E-state index is 11.6. The highest BCUT2D eigenvalue weighted by Crippen LogP contribution is 1.99. The van der Waals surface area contributed by atoms with E-state index in [4.69, 9.17) is 11.2 Å². The summed E-state index contributed by atoms with van der Waals surface area (Å²) >= 11 is 0. The molecular formula is C15H21N3O4. The van der Waals surface area contributed by atoms with Gasteiger partial charge < -0.3 is 10.1 Å². The molecule has 0 saturated carbocycles. The minimum Gasteiger partial charge on any atom is -0.356 e. The molecule has 0 fully saturated rings. The minimum atomic E-state index is -0.525. The fourth-order valence-corrected chi connectivity index (χ4v) is 1.72. The molecule has 1 unspecified atom stereocenters. The Morgan fingerprint density at radius 1 is 1.55 bits per heavy atom. The van der Waals surface area contributed by atoms with E-state index in [-0.39, 0.29) is 25.2 Å². The summed E-state index contributed by atoms with van der Waals surface area (Å²) in [6.45, 7) is 3.88. The minimum absolute atomic E-state index is 0.00911. The van der Waals surface area contributed by atoms with E-state index in [1.165, 1.54) is 10.8 Å². The Morgan fingerprint density at radius 2 is 2.27 bits per heavy atom. The summed E-state index contributed by atoms with van der Waals surface area (Å²) in [6.07, 6.45) is 7.67. The number of hydrogen-bond donors (Lipinski definition) is 2. The van der Waals surface area contributed by atoms with E-state index in [1.54, 1.807) is 6.92 Å². The van der Waals surface area contributed by atoms with Crippen LogP contribution in [0.3, 0.4) is 0 Å². The second-order valence-electron chi connectivity index (χ2n) is 4.88. The lowest BCUT2D eigenvalue weighted by Crippen LogP contribution is -2.36. The average Bonchev–Trinajstić information content (AvgIpc) is 2.50. The highest BCUT2D eigenvalue weighted by Gasteiger charge is 2.10. The average molecular weight is 307 g/mol. The van der Waals surface area contributed by atoms with Crippen molar-refractivity contribution >= 4 is 5.91 Å². The van der Waals surface area contributed by atoms with Gasteiger partial charge in [-0.3, -0.25) is 19.1 Å². The molecule has 0 bridgehead atoms. The molecule has 1 rings (SSSR count). The maximum Gasteiger partial charge on any atom is 0.330 e. The topological polar surface area (TPSA) is 93.2 Å². The van der Waals surface area contributed by atoms with E-state index in [0.717, 1.165) is 0 Å². The maximum atomic E-state index is 11.6. The number of carbonyl (C=O) groups excluding carboxylic acids is 1. The van der Waals surface area contributed by atoms with Crippen LogP contribution >= 0.6 is 0 Å². The molecule has 0 aliphatic heterocycles. The Hall–Kier alpha value is -2.33. The van der Waals surface area contributed by atoms with Gasteiger partial charge in [-0.05, 0) is 13.3 Å². The summed E-state index contributed by atoms with van der Waals surface area (Å²) in [4.78, 5) is 36.6. The third-order valence-electron chi connectivity index (χ3n) is 3.12. The van der Waals surface area contributed by atoms with Gasteiger partial charge in [0.2, 0.25) is 5.91 Å². The Balaban J connectivity index is 2.52. The molecule has 0 spiro atoms. The number of H-pyrrole nitrogens is 1. The van der Waals surface area contributed by atoms with Gasteiger partial charge in [-0.25, -0.2) is 4.79 Å². The number of ether oxygens (including phenoxy) is 1. The predicted molar refractivity (Wildman–Crippen MR) is 82.3 cm³/mol. The number of hydrogen-bond acceptors (Lipinski definition) is 4. The molecule has 1 amide bonds. The molecule has 0 saturated heterocycles. The van der Waals surface area contributed by atoms with E-state index in [2.05, 4.69) is 16.2 Å². The molecule has 1 atom stereocenters.